The van der Waals surface area contributed by atoms with Crippen LogP contribution in [0.5, 0.6) is 5.75 Å². The summed E-state index contributed by atoms with van der Waals surface area (Å²) in [5.41, 5.74) is 0.743. The van der Waals surface area contributed by atoms with Crippen molar-refractivity contribution in [3.63, 3.8) is 0 Å². The maximum absolute atomic E-state index is 12.3. The summed E-state index contributed by atoms with van der Waals surface area (Å²) in [5.74, 6) is -3.12. The van der Waals surface area contributed by atoms with Crippen molar-refractivity contribution in [1.82, 2.24) is 0 Å². The van der Waals surface area contributed by atoms with Gasteiger partial charge in [0.05, 0.1) is 0 Å². The monoisotopic (exact) mass is 346 g/mol. The van der Waals surface area contributed by atoms with E-state index in [-0.39, 0.29) is 11.3 Å². The number of hydrogen-bond donors (Lipinski definition) is 2. The predicted molar refractivity (Wildman–Crippen MR) is 88.6 cm³/mol. The molecule has 2 rings (SSSR count). The lowest BCUT2D eigenvalue weighted by Gasteiger charge is -2.06. The van der Waals surface area contributed by atoms with E-state index in [1.807, 2.05) is 0 Å². The summed E-state index contributed by atoms with van der Waals surface area (Å²) < 4.78 is 24.5. The summed E-state index contributed by atoms with van der Waals surface area (Å²) in [6.45, 7) is 0. The van der Waals surface area contributed by atoms with E-state index < -0.39 is 11.7 Å². The molecular weight excluding hydrogens is 334 g/mol. The normalized spacial score (nSPS) is 11.2. The Morgan fingerprint density at radius 2 is 1.96 bits per heavy atom. The van der Waals surface area contributed by atoms with Crippen molar-refractivity contribution in [2.24, 2.45) is 0 Å². The number of halogens is 2. The highest BCUT2D eigenvalue weighted by molar-refractivity contribution is 7.99. The largest absolute Gasteiger partial charge is 0.508 e. The summed E-state index contributed by atoms with van der Waals surface area (Å²) >= 11 is 0.406. The molecule has 0 fully saturated rings. The number of carbonyl (C=O) groups excluding carboxylic acids is 1. The highest BCUT2D eigenvalue weighted by Gasteiger charge is 2.10. The first-order valence-corrected chi connectivity index (χ1v) is 7.63. The van der Waals surface area contributed by atoms with Gasteiger partial charge in [0.2, 0.25) is 0 Å². The van der Waals surface area contributed by atoms with Crippen LogP contribution in [0.2, 0.25) is 0 Å². The van der Waals surface area contributed by atoms with E-state index in [4.69, 9.17) is 5.26 Å². The van der Waals surface area contributed by atoms with Gasteiger partial charge >= 0.3 is 0 Å². The standard InChI is InChI=1S/C17H12F2N2O2S/c18-17(19)24-15-6-4-13(5-7-15)21-16(23)12(10-20)8-11-2-1-3-14(22)9-11/h1-9,17,22H,(H,21,23). The van der Waals surface area contributed by atoms with Crippen molar-refractivity contribution in [2.45, 2.75) is 10.7 Å². The second-order valence-corrected chi connectivity index (χ2v) is 5.69. The minimum atomic E-state index is -2.51. The van der Waals surface area contributed by atoms with Crippen LogP contribution in [0.1, 0.15) is 5.56 Å². The molecule has 0 saturated carbocycles. The zero-order valence-electron chi connectivity index (χ0n) is 12.2. The van der Waals surface area contributed by atoms with E-state index in [9.17, 15) is 18.7 Å². The van der Waals surface area contributed by atoms with Crippen LogP contribution in [-0.4, -0.2) is 16.8 Å². The minimum absolute atomic E-state index is 0.0218. The number of carbonyl (C=O) groups is 1. The van der Waals surface area contributed by atoms with Gasteiger partial charge in [-0.15, -0.1) is 0 Å². The Bertz CT molecular complexity index is 799. The number of rotatable bonds is 5. The first-order valence-electron chi connectivity index (χ1n) is 6.75. The number of thioether (sulfide) groups is 1. The molecule has 0 aromatic heterocycles. The maximum Gasteiger partial charge on any atom is 0.288 e. The van der Waals surface area contributed by atoms with Crippen molar-refractivity contribution in [3.05, 3.63) is 59.7 Å². The predicted octanol–water partition coefficient (Wildman–Crippen LogP) is 4.25. The van der Waals surface area contributed by atoms with Gasteiger partial charge in [0.25, 0.3) is 11.7 Å². The van der Waals surface area contributed by atoms with Crippen LogP contribution in [0.25, 0.3) is 6.08 Å². The minimum Gasteiger partial charge on any atom is -0.508 e. The molecule has 0 bridgehead atoms. The quantitative estimate of drug-likeness (QED) is 0.482. The molecule has 1 amide bonds. The van der Waals surface area contributed by atoms with Crippen LogP contribution in [0, 0.1) is 11.3 Å². The van der Waals surface area contributed by atoms with Crippen molar-refractivity contribution in [2.75, 3.05) is 5.32 Å². The van der Waals surface area contributed by atoms with Crippen LogP contribution in [0.3, 0.4) is 0 Å². The second-order valence-electron chi connectivity index (χ2n) is 4.62. The number of amides is 1. The molecule has 0 saturated heterocycles. The molecule has 24 heavy (non-hydrogen) atoms. The molecule has 2 N–H and O–H groups in total. The lowest BCUT2D eigenvalue weighted by molar-refractivity contribution is -0.112. The zero-order valence-corrected chi connectivity index (χ0v) is 13.1. The molecule has 4 nitrogen and oxygen atoms in total. The van der Waals surface area contributed by atoms with Crippen molar-refractivity contribution < 1.29 is 18.7 Å². The number of nitriles is 1. The van der Waals surface area contributed by atoms with Gasteiger partial charge in [0.1, 0.15) is 17.4 Å². The lowest BCUT2D eigenvalue weighted by Crippen LogP contribution is -2.13. The summed E-state index contributed by atoms with van der Waals surface area (Å²) in [5, 5.41) is 21.0. The fourth-order valence-corrected chi connectivity index (χ4v) is 2.35. The van der Waals surface area contributed by atoms with Gasteiger partial charge in [-0.3, -0.25) is 4.79 Å². The third kappa shape index (κ3) is 5.11. The molecule has 122 valence electrons. The van der Waals surface area contributed by atoms with E-state index in [0.717, 1.165) is 0 Å². The van der Waals surface area contributed by atoms with Gasteiger partial charge in [0.15, 0.2) is 0 Å². The highest BCUT2D eigenvalue weighted by Crippen LogP contribution is 2.26. The number of benzene rings is 2. The highest BCUT2D eigenvalue weighted by atomic mass is 32.2. The fraction of sp³-hybridized carbons (Fsp3) is 0.0588. The zero-order chi connectivity index (χ0) is 17.5. The van der Waals surface area contributed by atoms with Gasteiger partial charge in [-0.05, 0) is 48.0 Å². The average molecular weight is 346 g/mol. The van der Waals surface area contributed by atoms with E-state index in [2.05, 4.69) is 5.32 Å². The van der Waals surface area contributed by atoms with Gasteiger partial charge in [-0.25, -0.2) is 0 Å². The number of aromatic hydroxyl groups is 1. The van der Waals surface area contributed by atoms with Crippen molar-refractivity contribution >= 4 is 29.4 Å². The summed E-state index contributed by atoms with van der Waals surface area (Å²) in [7, 11) is 0. The topological polar surface area (TPSA) is 73.1 Å². The number of anilines is 1. The number of phenols is 1. The molecule has 0 radical (unpaired) electrons. The number of phenolic OH excluding ortho intramolecular Hbond substituents is 1. The summed E-state index contributed by atoms with van der Waals surface area (Å²) in [4.78, 5) is 12.5. The maximum atomic E-state index is 12.3. The Balaban J connectivity index is 2.11. The molecule has 2 aromatic rings. The molecule has 0 heterocycles. The first-order chi connectivity index (χ1) is 11.5. The van der Waals surface area contributed by atoms with Gasteiger partial charge in [0, 0.05) is 10.6 Å². The number of nitrogens with one attached hydrogen (secondary N) is 1. The van der Waals surface area contributed by atoms with E-state index in [1.165, 1.54) is 42.5 Å². The third-order valence-electron chi connectivity index (χ3n) is 2.88. The van der Waals surface area contributed by atoms with Gasteiger partial charge in [-0.2, -0.15) is 14.0 Å². The van der Waals surface area contributed by atoms with Crippen LogP contribution in [-0.2, 0) is 4.79 Å². The van der Waals surface area contributed by atoms with Crippen molar-refractivity contribution in [3.8, 4) is 11.8 Å². The molecule has 0 aliphatic heterocycles. The number of nitrogens with zero attached hydrogens (tertiary/aromatic N) is 1. The Morgan fingerprint density at radius 1 is 1.25 bits per heavy atom. The molecule has 0 spiro atoms. The Labute approximate surface area is 141 Å². The van der Waals surface area contributed by atoms with Crippen molar-refractivity contribution in [1.29, 1.82) is 5.26 Å². The fourth-order valence-electron chi connectivity index (χ4n) is 1.85. The van der Waals surface area contributed by atoms with Crippen LogP contribution in [0.4, 0.5) is 14.5 Å². The van der Waals surface area contributed by atoms with Crippen LogP contribution in [0.15, 0.2) is 59.0 Å². The molecule has 7 heteroatoms. The average Bonchev–Trinajstić information content (AvgIpc) is 2.54. The SMILES string of the molecule is N#CC(=Cc1cccc(O)c1)C(=O)Nc1ccc(SC(F)F)cc1. The first kappa shape index (κ1) is 17.5. The summed E-state index contributed by atoms with van der Waals surface area (Å²) in [6, 6.07) is 13.8. The smallest absolute Gasteiger partial charge is 0.288 e. The Hall–Kier alpha value is -2.85. The van der Waals surface area contributed by atoms with E-state index in [1.54, 1.807) is 18.2 Å². The summed E-state index contributed by atoms with van der Waals surface area (Å²) in [6.07, 6.45) is 1.34. The number of alkyl halides is 2. The molecule has 0 aliphatic rings. The van der Waals surface area contributed by atoms with Gasteiger partial charge in [-0.1, -0.05) is 23.9 Å². The third-order valence-corrected chi connectivity index (χ3v) is 3.61. The van der Waals surface area contributed by atoms with E-state index in [0.29, 0.717) is 27.9 Å². The Kier molecular flexibility index (Phi) is 5.93. The van der Waals surface area contributed by atoms with Gasteiger partial charge < -0.3 is 10.4 Å². The number of hydrogen-bond acceptors (Lipinski definition) is 4. The Morgan fingerprint density at radius 3 is 2.54 bits per heavy atom. The molecular formula is C17H12F2N2O2S. The van der Waals surface area contributed by atoms with Crippen LogP contribution < -0.4 is 5.32 Å². The second kappa shape index (κ2) is 8.13. The van der Waals surface area contributed by atoms with Crippen LogP contribution >= 0.6 is 11.8 Å². The molecule has 0 unspecified atom stereocenters. The molecule has 0 aliphatic carbocycles. The van der Waals surface area contributed by atoms with E-state index >= 15 is 0 Å². The molecule has 0 atom stereocenters. The molecule has 2 aromatic carbocycles. The lowest BCUT2D eigenvalue weighted by atomic mass is 10.1.